The maximum Gasteiger partial charge on any atom is 0.251 e. The highest BCUT2D eigenvalue weighted by Crippen LogP contribution is 2.22. The number of nitrogens with zero attached hydrogens (tertiary/aromatic N) is 2. The van der Waals surface area contributed by atoms with Crippen molar-refractivity contribution in [2.45, 2.75) is 13.1 Å². The zero-order valence-electron chi connectivity index (χ0n) is 12.7. The van der Waals surface area contributed by atoms with Gasteiger partial charge in [0, 0.05) is 24.5 Å². The van der Waals surface area contributed by atoms with Gasteiger partial charge in [0.2, 0.25) is 0 Å². The Morgan fingerprint density at radius 2 is 1.79 bits per heavy atom. The van der Waals surface area contributed by atoms with Gasteiger partial charge in [-0.1, -0.05) is 47.5 Å². The summed E-state index contributed by atoms with van der Waals surface area (Å²) in [4.78, 5) is 12.1. The highest BCUT2D eigenvalue weighted by Gasteiger charge is 2.08. The smallest absolute Gasteiger partial charge is 0.251 e. The molecule has 0 spiro atoms. The molecule has 122 valence electrons. The zero-order chi connectivity index (χ0) is 16.9. The maximum absolute atomic E-state index is 12.1. The zero-order valence-corrected chi connectivity index (χ0v) is 14.3. The third-order valence-corrected chi connectivity index (χ3v) is 4.30. The molecule has 0 atom stereocenters. The summed E-state index contributed by atoms with van der Waals surface area (Å²) in [6.45, 7) is 1.17. The van der Waals surface area contributed by atoms with E-state index in [4.69, 9.17) is 23.2 Å². The largest absolute Gasteiger partial charge is 0.348 e. The van der Waals surface area contributed by atoms with E-state index in [0.29, 0.717) is 22.2 Å². The number of amides is 1. The molecule has 0 aliphatic carbocycles. The van der Waals surface area contributed by atoms with Gasteiger partial charge in [-0.25, -0.2) is 0 Å². The molecule has 0 unspecified atom stereocenters. The molecular formula is C18H15Cl2N3O. The fraction of sp³-hybridized carbons (Fsp3) is 0.111. The molecule has 3 aromatic rings. The van der Waals surface area contributed by atoms with Gasteiger partial charge in [-0.2, -0.15) is 5.10 Å². The maximum atomic E-state index is 12.1. The van der Waals surface area contributed by atoms with Gasteiger partial charge in [-0.05, 0) is 35.4 Å². The standard InChI is InChI=1S/C18H15Cl2N3O/c19-16-7-6-15(10-17(16)20)18(24)21-11-13-2-4-14(5-3-13)12-23-9-1-8-22-23/h1-10H,11-12H2,(H,21,24). The lowest BCUT2D eigenvalue weighted by molar-refractivity contribution is 0.0951. The van der Waals surface area contributed by atoms with E-state index in [1.54, 1.807) is 24.4 Å². The number of rotatable bonds is 5. The predicted octanol–water partition coefficient (Wildman–Crippen LogP) is 4.17. The van der Waals surface area contributed by atoms with Crippen molar-refractivity contribution < 1.29 is 4.79 Å². The summed E-state index contributed by atoms with van der Waals surface area (Å²) in [6.07, 6.45) is 3.68. The van der Waals surface area contributed by atoms with Crippen LogP contribution in [0.4, 0.5) is 0 Å². The van der Waals surface area contributed by atoms with Crippen LogP contribution >= 0.6 is 23.2 Å². The van der Waals surface area contributed by atoms with Crippen molar-refractivity contribution in [3.8, 4) is 0 Å². The molecule has 0 fully saturated rings. The van der Waals surface area contributed by atoms with Crippen LogP contribution in [0.5, 0.6) is 0 Å². The molecular weight excluding hydrogens is 345 g/mol. The van der Waals surface area contributed by atoms with Crippen molar-refractivity contribution in [1.82, 2.24) is 15.1 Å². The van der Waals surface area contributed by atoms with Crippen molar-refractivity contribution in [2.24, 2.45) is 0 Å². The van der Waals surface area contributed by atoms with E-state index in [9.17, 15) is 4.79 Å². The highest BCUT2D eigenvalue weighted by molar-refractivity contribution is 6.42. The van der Waals surface area contributed by atoms with Gasteiger partial charge in [0.15, 0.2) is 0 Å². The minimum atomic E-state index is -0.186. The normalized spacial score (nSPS) is 10.6. The second-order valence-corrected chi connectivity index (χ2v) is 6.15. The van der Waals surface area contributed by atoms with Gasteiger partial charge in [-0.3, -0.25) is 9.48 Å². The van der Waals surface area contributed by atoms with Crippen LogP contribution in [0.3, 0.4) is 0 Å². The first-order chi connectivity index (χ1) is 11.6. The molecule has 1 N–H and O–H groups in total. The second-order valence-electron chi connectivity index (χ2n) is 5.33. The minimum absolute atomic E-state index is 0.186. The monoisotopic (exact) mass is 359 g/mol. The third-order valence-electron chi connectivity index (χ3n) is 3.56. The van der Waals surface area contributed by atoms with Gasteiger partial charge in [0.05, 0.1) is 16.6 Å². The Kier molecular flexibility index (Phi) is 5.18. The molecule has 4 nitrogen and oxygen atoms in total. The fourth-order valence-electron chi connectivity index (χ4n) is 2.27. The third kappa shape index (κ3) is 4.16. The van der Waals surface area contributed by atoms with E-state index in [0.717, 1.165) is 17.7 Å². The highest BCUT2D eigenvalue weighted by atomic mass is 35.5. The Bertz CT molecular complexity index is 830. The number of nitrogens with one attached hydrogen (secondary N) is 1. The first kappa shape index (κ1) is 16.6. The minimum Gasteiger partial charge on any atom is -0.348 e. The summed E-state index contributed by atoms with van der Waals surface area (Å²) < 4.78 is 1.86. The number of aromatic nitrogens is 2. The summed E-state index contributed by atoms with van der Waals surface area (Å²) >= 11 is 11.8. The molecule has 2 aromatic carbocycles. The van der Waals surface area contributed by atoms with Crippen LogP contribution in [0.25, 0.3) is 0 Å². The van der Waals surface area contributed by atoms with Gasteiger partial charge in [0.25, 0.3) is 5.91 Å². The number of hydrogen-bond acceptors (Lipinski definition) is 2. The molecule has 0 saturated carbocycles. The predicted molar refractivity (Wildman–Crippen MR) is 95.4 cm³/mol. The van der Waals surface area contributed by atoms with Crippen molar-refractivity contribution in [1.29, 1.82) is 0 Å². The van der Waals surface area contributed by atoms with E-state index in [1.165, 1.54) is 0 Å². The molecule has 1 amide bonds. The van der Waals surface area contributed by atoms with Crippen LogP contribution in [0, 0.1) is 0 Å². The van der Waals surface area contributed by atoms with Crippen LogP contribution in [-0.4, -0.2) is 15.7 Å². The van der Waals surface area contributed by atoms with Crippen LogP contribution in [0.2, 0.25) is 10.0 Å². The van der Waals surface area contributed by atoms with Crippen LogP contribution in [0.15, 0.2) is 60.9 Å². The first-order valence-corrected chi connectivity index (χ1v) is 8.16. The van der Waals surface area contributed by atoms with E-state index in [-0.39, 0.29) is 5.91 Å². The van der Waals surface area contributed by atoms with Crippen LogP contribution in [-0.2, 0) is 13.1 Å². The van der Waals surface area contributed by atoms with Gasteiger partial charge >= 0.3 is 0 Å². The van der Waals surface area contributed by atoms with E-state index < -0.39 is 0 Å². The molecule has 1 aromatic heterocycles. The molecule has 0 bridgehead atoms. The molecule has 24 heavy (non-hydrogen) atoms. The van der Waals surface area contributed by atoms with Gasteiger partial charge in [0.1, 0.15) is 0 Å². The summed E-state index contributed by atoms with van der Waals surface area (Å²) in [5.41, 5.74) is 2.66. The molecule has 3 rings (SSSR count). The number of carbonyl (C=O) groups excluding carboxylic acids is 1. The summed E-state index contributed by atoms with van der Waals surface area (Å²) in [7, 11) is 0. The Balaban J connectivity index is 1.58. The summed E-state index contributed by atoms with van der Waals surface area (Å²) in [5, 5.41) is 7.85. The topological polar surface area (TPSA) is 46.9 Å². The summed E-state index contributed by atoms with van der Waals surface area (Å²) in [5.74, 6) is -0.186. The van der Waals surface area contributed by atoms with E-state index >= 15 is 0 Å². The van der Waals surface area contributed by atoms with Gasteiger partial charge in [-0.15, -0.1) is 0 Å². The molecule has 6 heteroatoms. The van der Waals surface area contributed by atoms with Crippen molar-refractivity contribution >= 4 is 29.1 Å². The number of halogens is 2. The average molecular weight is 360 g/mol. The number of benzene rings is 2. The van der Waals surface area contributed by atoms with Crippen molar-refractivity contribution in [2.75, 3.05) is 0 Å². The molecule has 1 heterocycles. The molecule has 0 aliphatic heterocycles. The first-order valence-electron chi connectivity index (χ1n) is 7.40. The van der Waals surface area contributed by atoms with Crippen LogP contribution in [0.1, 0.15) is 21.5 Å². The Morgan fingerprint density at radius 1 is 1.04 bits per heavy atom. The lowest BCUT2D eigenvalue weighted by Gasteiger charge is -2.08. The SMILES string of the molecule is O=C(NCc1ccc(Cn2cccn2)cc1)c1ccc(Cl)c(Cl)c1. The summed E-state index contributed by atoms with van der Waals surface area (Å²) in [6, 6.07) is 14.8. The average Bonchev–Trinajstić information content (AvgIpc) is 3.09. The van der Waals surface area contributed by atoms with Crippen LogP contribution < -0.4 is 5.32 Å². The van der Waals surface area contributed by atoms with Gasteiger partial charge < -0.3 is 5.32 Å². The molecule has 0 saturated heterocycles. The Morgan fingerprint density at radius 3 is 2.46 bits per heavy atom. The quantitative estimate of drug-likeness (QED) is 0.742. The Hall–Kier alpha value is -2.30. The number of carbonyl (C=O) groups is 1. The molecule has 0 aliphatic rings. The Labute approximate surface area is 150 Å². The fourth-order valence-corrected chi connectivity index (χ4v) is 2.56. The molecule has 0 radical (unpaired) electrons. The van der Waals surface area contributed by atoms with Crippen molar-refractivity contribution in [3.63, 3.8) is 0 Å². The second kappa shape index (κ2) is 7.51. The lowest BCUT2D eigenvalue weighted by atomic mass is 10.1. The lowest BCUT2D eigenvalue weighted by Crippen LogP contribution is -2.22. The van der Waals surface area contributed by atoms with Crippen molar-refractivity contribution in [3.05, 3.63) is 87.7 Å². The van der Waals surface area contributed by atoms with E-state index in [2.05, 4.69) is 10.4 Å². The van der Waals surface area contributed by atoms with E-state index in [1.807, 2.05) is 41.2 Å². The number of hydrogen-bond donors (Lipinski definition) is 1.